The maximum absolute atomic E-state index is 5.60. The number of piperidine rings is 1. The monoisotopic (exact) mass is 327 g/mol. The number of nitrogen functional groups attached to an aromatic ring is 1. The molecule has 0 aliphatic carbocycles. The van der Waals surface area contributed by atoms with E-state index in [9.17, 15) is 0 Å². The molecule has 0 aromatic carbocycles. The standard InChI is InChI=1S/C11H17N5.3ClH/c12-10-14-4-1-9(15-10)16-5-2-11(3-6-16)7-13-8-11;;;/h1,4,13H,2-3,5-8H2,(H2,12,14,15);3*1H. The maximum atomic E-state index is 5.60. The summed E-state index contributed by atoms with van der Waals surface area (Å²) in [6, 6.07) is 1.94. The van der Waals surface area contributed by atoms with E-state index in [0.717, 1.165) is 18.9 Å². The van der Waals surface area contributed by atoms with Gasteiger partial charge in [0.05, 0.1) is 0 Å². The molecule has 3 heterocycles. The molecule has 2 saturated heterocycles. The molecular formula is C11H20Cl3N5. The third-order valence-corrected chi connectivity index (χ3v) is 3.81. The lowest BCUT2D eigenvalue weighted by atomic mass is 9.73. The lowest BCUT2D eigenvalue weighted by Crippen LogP contribution is -2.58. The van der Waals surface area contributed by atoms with Crippen LogP contribution in [0.5, 0.6) is 0 Å². The fraction of sp³-hybridized carbons (Fsp3) is 0.636. The van der Waals surface area contributed by atoms with Crippen LogP contribution in [0.25, 0.3) is 0 Å². The van der Waals surface area contributed by atoms with Crippen LogP contribution in [0.2, 0.25) is 0 Å². The summed E-state index contributed by atoms with van der Waals surface area (Å²) in [7, 11) is 0. The molecule has 2 aliphatic rings. The summed E-state index contributed by atoms with van der Waals surface area (Å²) >= 11 is 0. The van der Waals surface area contributed by atoms with Crippen LogP contribution in [0.3, 0.4) is 0 Å². The third-order valence-electron chi connectivity index (χ3n) is 3.81. The van der Waals surface area contributed by atoms with Crippen LogP contribution in [0.4, 0.5) is 11.8 Å². The predicted molar refractivity (Wildman–Crippen MR) is 84.9 cm³/mol. The molecule has 0 unspecified atom stereocenters. The first-order valence-electron chi connectivity index (χ1n) is 5.82. The van der Waals surface area contributed by atoms with E-state index in [1.54, 1.807) is 6.20 Å². The number of nitrogens with two attached hydrogens (primary N) is 1. The molecule has 0 atom stereocenters. The lowest BCUT2D eigenvalue weighted by Gasteiger charge is -2.48. The van der Waals surface area contributed by atoms with Crippen molar-refractivity contribution in [2.45, 2.75) is 12.8 Å². The van der Waals surface area contributed by atoms with Crippen LogP contribution >= 0.6 is 37.2 Å². The van der Waals surface area contributed by atoms with Gasteiger partial charge in [0.1, 0.15) is 5.82 Å². The highest BCUT2D eigenvalue weighted by atomic mass is 35.5. The van der Waals surface area contributed by atoms with Crippen molar-refractivity contribution in [1.82, 2.24) is 15.3 Å². The highest BCUT2D eigenvalue weighted by molar-refractivity contribution is 5.86. The number of rotatable bonds is 1. The number of nitrogens with zero attached hydrogens (tertiary/aromatic N) is 3. The first-order chi connectivity index (χ1) is 7.77. The van der Waals surface area contributed by atoms with Gasteiger partial charge in [0.25, 0.3) is 0 Å². The molecule has 3 rings (SSSR count). The minimum absolute atomic E-state index is 0. The van der Waals surface area contributed by atoms with Crippen molar-refractivity contribution >= 4 is 49.0 Å². The Kier molecular flexibility index (Phi) is 7.15. The zero-order chi connectivity index (χ0) is 11.0. The van der Waals surface area contributed by atoms with Gasteiger partial charge < -0.3 is 16.0 Å². The van der Waals surface area contributed by atoms with E-state index in [4.69, 9.17) is 5.73 Å². The molecule has 19 heavy (non-hydrogen) atoms. The fourth-order valence-corrected chi connectivity index (χ4v) is 2.58. The Morgan fingerprint density at radius 3 is 2.26 bits per heavy atom. The molecular weight excluding hydrogens is 309 g/mol. The molecule has 1 aromatic rings. The molecule has 1 spiro atoms. The summed E-state index contributed by atoms with van der Waals surface area (Å²) < 4.78 is 0. The molecule has 5 nitrogen and oxygen atoms in total. The summed E-state index contributed by atoms with van der Waals surface area (Å²) in [6.07, 6.45) is 4.24. The van der Waals surface area contributed by atoms with Crippen LogP contribution in [0.15, 0.2) is 12.3 Å². The van der Waals surface area contributed by atoms with Crippen molar-refractivity contribution in [2.24, 2.45) is 5.41 Å². The molecule has 0 radical (unpaired) electrons. The Labute approximate surface area is 132 Å². The third kappa shape index (κ3) is 3.75. The number of nitrogens with one attached hydrogen (secondary N) is 1. The number of halogens is 3. The Morgan fingerprint density at radius 1 is 1.16 bits per heavy atom. The van der Waals surface area contributed by atoms with Crippen molar-refractivity contribution in [2.75, 3.05) is 36.8 Å². The highest BCUT2D eigenvalue weighted by Gasteiger charge is 2.39. The minimum atomic E-state index is 0. The maximum Gasteiger partial charge on any atom is 0.221 e. The normalized spacial score (nSPS) is 19.5. The first-order valence-corrected chi connectivity index (χ1v) is 5.82. The Morgan fingerprint density at radius 2 is 1.79 bits per heavy atom. The summed E-state index contributed by atoms with van der Waals surface area (Å²) in [5.41, 5.74) is 6.18. The first kappa shape index (κ1) is 18.5. The summed E-state index contributed by atoms with van der Waals surface area (Å²) in [4.78, 5) is 10.5. The van der Waals surface area contributed by atoms with E-state index in [2.05, 4.69) is 20.2 Å². The van der Waals surface area contributed by atoms with Gasteiger partial charge >= 0.3 is 0 Å². The topological polar surface area (TPSA) is 67.1 Å². The van der Waals surface area contributed by atoms with E-state index in [1.165, 1.54) is 25.9 Å². The van der Waals surface area contributed by atoms with Gasteiger partial charge in [0.15, 0.2) is 0 Å². The van der Waals surface area contributed by atoms with Crippen molar-refractivity contribution in [1.29, 1.82) is 0 Å². The lowest BCUT2D eigenvalue weighted by molar-refractivity contribution is 0.126. The highest BCUT2D eigenvalue weighted by Crippen LogP contribution is 2.35. The average Bonchev–Trinajstić information content (AvgIpc) is 2.27. The largest absolute Gasteiger partial charge is 0.368 e. The molecule has 110 valence electrons. The molecule has 2 fully saturated rings. The zero-order valence-corrected chi connectivity index (χ0v) is 13.0. The molecule has 2 aliphatic heterocycles. The predicted octanol–water partition coefficient (Wildman–Crippen LogP) is 1.51. The van der Waals surface area contributed by atoms with Gasteiger partial charge in [-0.15, -0.1) is 37.2 Å². The Bertz CT molecular complexity index is 390. The molecule has 0 bridgehead atoms. The van der Waals surface area contributed by atoms with Gasteiger partial charge in [-0.3, -0.25) is 0 Å². The second-order valence-corrected chi connectivity index (χ2v) is 4.86. The van der Waals surface area contributed by atoms with Crippen LogP contribution < -0.4 is 16.0 Å². The molecule has 0 amide bonds. The van der Waals surface area contributed by atoms with Crippen LogP contribution in [0, 0.1) is 5.41 Å². The Hall–Kier alpha value is -0.490. The van der Waals surface area contributed by atoms with Gasteiger partial charge in [-0.1, -0.05) is 0 Å². The second kappa shape index (κ2) is 7.33. The molecule has 8 heteroatoms. The van der Waals surface area contributed by atoms with Gasteiger partial charge in [0, 0.05) is 32.4 Å². The smallest absolute Gasteiger partial charge is 0.221 e. The molecule has 0 saturated carbocycles. The van der Waals surface area contributed by atoms with Gasteiger partial charge in [-0.05, 0) is 24.3 Å². The van der Waals surface area contributed by atoms with Crippen LogP contribution in [-0.2, 0) is 0 Å². The van der Waals surface area contributed by atoms with E-state index in [1.807, 2.05) is 6.07 Å². The molecule has 3 N–H and O–H groups in total. The quantitative estimate of drug-likeness (QED) is 0.818. The number of aromatic nitrogens is 2. The SMILES string of the molecule is Cl.Cl.Cl.Nc1nccc(N2CCC3(CC2)CNC3)n1. The fourth-order valence-electron chi connectivity index (χ4n) is 2.58. The van der Waals surface area contributed by atoms with Crippen LogP contribution in [0.1, 0.15) is 12.8 Å². The average molecular weight is 329 g/mol. The summed E-state index contributed by atoms with van der Waals surface area (Å²) in [5, 5.41) is 3.37. The summed E-state index contributed by atoms with van der Waals surface area (Å²) in [5.74, 6) is 1.33. The minimum Gasteiger partial charge on any atom is -0.368 e. The van der Waals surface area contributed by atoms with E-state index >= 15 is 0 Å². The second-order valence-electron chi connectivity index (χ2n) is 4.86. The zero-order valence-electron chi connectivity index (χ0n) is 10.5. The van der Waals surface area contributed by atoms with Crippen molar-refractivity contribution in [3.05, 3.63) is 12.3 Å². The van der Waals surface area contributed by atoms with E-state index in [0.29, 0.717) is 11.4 Å². The number of hydrogen-bond acceptors (Lipinski definition) is 5. The van der Waals surface area contributed by atoms with Gasteiger partial charge in [-0.25, -0.2) is 4.98 Å². The molecule has 1 aromatic heterocycles. The summed E-state index contributed by atoms with van der Waals surface area (Å²) in [6.45, 7) is 4.54. The van der Waals surface area contributed by atoms with E-state index < -0.39 is 0 Å². The van der Waals surface area contributed by atoms with Crippen molar-refractivity contribution in [3.63, 3.8) is 0 Å². The number of hydrogen-bond donors (Lipinski definition) is 2. The van der Waals surface area contributed by atoms with Crippen molar-refractivity contribution in [3.8, 4) is 0 Å². The van der Waals surface area contributed by atoms with Crippen molar-refractivity contribution < 1.29 is 0 Å². The van der Waals surface area contributed by atoms with E-state index in [-0.39, 0.29) is 37.2 Å². The van der Waals surface area contributed by atoms with Gasteiger partial charge in [0.2, 0.25) is 5.95 Å². The Balaban J connectivity index is 0.00000108. The number of anilines is 2. The van der Waals surface area contributed by atoms with Crippen LogP contribution in [-0.4, -0.2) is 36.1 Å². The van der Waals surface area contributed by atoms with Gasteiger partial charge in [-0.2, -0.15) is 4.98 Å².